The molecule has 1 heterocycles. The monoisotopic (exact) mass is 258 g/mol. The summed E-state index contributed by atoms with van der Waals surface area (Å²) in [6, 6.07) is 3.99. The molecule has 1 aliphatic heterocycles. The molecule has 0 amide bonds. The molecule has 1 aromatic carbocycles. The van der Waals surface area contributed by atoms with E-state index in [1.165, 1.54) is 9.51 Å². The normalized spacial score (nSPS) is 16.1. The van der Waals surface area contributed by atoms with Crippen LogP contribution in [0.4, 0.5) is 0 Å². The third kappa shape index (κ3) is 1.18. The van der Waals surface area contributed by atoms with Crippen molar-refractivity contribution in [3.05, 3.63) is 43.4 Å². The van der Waals surface area contributed by atoms with E-state index >= 15 is 0 Å². The second-order valence-corrected chi connectivity index (χ2v) is 5.63. The van der Waals surface area contributed by atoms with Gasteiger partial charge in [0.05, 0.1) is 0 Å². The molecule has 2 aliphatic rings. The summed E-state index contributed by atoms with van der Waals surface area (Å²) in [6.07, 6.45) is 5.72. The van der Waals surface area contributed by atoms with E-state index in [1.807, 2.05) is 12.1 Å². The van der Waals surface area contributed by atoms with Crippen molar-refractivity contribution >= 4 is 39.0 Å². The fraction of sp³-hybridized carbons (Fsp3) is 0. The van der Waals surface area contributed by atoms with Crippen LogP contribution in [0.15, 0.2) is 23.1 Å². The third-order valence-corrected chi connectivity index (χ3v) is 4.68. The Labute approximate surface area is 92.5 Å². The number of aliphatic carboxylic acids is 1. The standard InChI is InChI=1S/C12H7AsO2/c14-12(15)10-2-1-7-8(10)3-4-11-9(7)5-6-13-11/h1-6H,(H,14,15). The summed E-state index contributed by atoms with van der Waals surface area (Å²) in [7, 11) is 0. The Morgan fingerprint density at radius 3 is 2.80 bits per heavy atom. The van der Waals surface area contributed by atoms with Crippen LogP contribution in [0.25, 0.3) is 17.7 Å². The van der Waals surface area contributed by atoms with Crippen LogP contribution in [-0.4, -0.2) is 26.4 Å². The molecular weight excluding hydrogens is 251 g/mol. The molecule has 2 nitrogen and oxygen atoms in total. The van der Waals surface area contributed by atoms with Gasteiger partial charge >= 0.3 is 92.3 Å². The fourth-order valence-corrected chi connectivity index (χ4v) is 3.81. The summed E-state index contributed by atoms with van der Waals surface area (Å²) in [4.78, 5) is 13.2. The van der Waals surface area contributed by atoms with Crippen LogP contribution in [0.2, 0.25) is 0 Å². The number of rotatable bonds is 1. The molecule has 0 radical (unpaired) electrons. The van der Waals surface area contributed by atoms with Gasteiger partial charge in [-0.15, -0.1) is 0 Å². The van der Waals surface area contributed by atoms with E-state index in [-0.39, 0.29) is 15.3 Å². The molecular formula is C12H7AsO2. The average Bonchev–Trinajstić information content (AvgIpc) is 2.82. The number of carbonyl (C=O) groups is 1. The van der Waals surface area contributed by atoms with Gasteiger partial charge in [0.1, 0.15) is 0 Å². The topological polar surface area (TPSA) is 37.3 Å². The fourth-order valence-electron chi connectivity index (χ4n) is 1.96. The Hall–Kier alpha value is -1.40. The Morgan fingerprint density at radius 2 is 2.00 bits per heavy atom. The molecule has 0 fully saturated rings. The van der Waals surface area contributed by atoms with Gasteiger partial charge in [-0.1, -0.05) is 0 Å². The van der Waals surface area contributed by atoms with Crippen LogP contribution < -0.4 is 5.22 Å². The molecule has 0 unspecified atom stereocenters. The summed E-state index contributed by atoms with van der Waals surface area (Å²) in [6.45, 7) is 0. The van der Waals surface area contributed by atoms with E-state index < -0.39 is 5.97 Å². The number of carboxylic acid groups (broad SMARTS) is 1. The maximum atomic E-state index is 11.0. The molecule has 1 aliphatic carbocycles. The van der Waals surface area contributed by atoms with Gasteiger partial charge in [0.25, 0.3) is 0 Å². The van der Waals surface area contributed by atoms with Gasteiger partial charge in [-0.2, -0.15) is 0 Å². The SMILES string of the molecule is O=C(O)C1=c2ccc3c(c2C=C1)C=C[As]=3. The second-order valence-electron chi connectivity index (χ2n) is 3.46. The summed E-state index contributed by atoms with van der Waals surface area (Å²) in [5.74, 6) is -0.847. The Kier molecular flexibility index (Phi) is 1.80. The molecule has 0 aromatic heterocycles. The van der Waals surface area contributed by atoms with Crippen LogP contribution in [0.1, 0.15) is 11.1 Å². The average molecular weight is 258 g/mol. The summed E-state index contributed by atoms with van der Waals surface area (Å²) >= 11 is 0.153. The number of fused-ring (bicyclic) bond motifs is 3. The van der Waals surface area contributed by atoms with Crippen molar-refractivity contribution in [2.24, 2.45) is 0 Å². The number of hydrogen-bond acceptors (Lipinski definition) is 1. The van der Waals surface area contributed by atoms with Crippen molar-refractivity contribution < 1.29 is 9.90 Å². The molecule has 0 spiro atoms. The minimum atomic E-state index is -0.847. The van der Waals surface area contributed by atoms with Crippen molar-refractivity contribution in [1.82, 2.24) is 0 Å². The van der Waals surface area contributed by atoms with Gasteiger partial charge in [0, 0.05) is 0 Å². The van der Waals surface area contributed by atoms with Crippen LogP contribution >= 0.6 is 0 Å². The molecule has 3 heteroatoms. The number of benzene rings is 1. The van der Waals surface area contributed by atoms with E-state index in [0.29, 0.717) is 5.57 Å². The van der Waals surface area contributed by atoms with E-state index in [9.17, 15) is 4.79 Å². The maximum absolute atomic E-state index is 11.0. The van der Waals surface area contributed by atoms with Gasteiger partial charge in [0.2, 0.25) is 0 Å². The summed E-state index contributed by atoms with van der Waals surface area (Å²) < 4.78 is 1.38. The predicted molar refractivity (Wildman–Crippen MR) is 59.8 cm³/mol. The zero-order valence-electron chi connectivity index (χ0n) is 7.77. The van der Waals surface area contributed by atoms with Crippen LogP contribution in [0, 0.1) is 3.95 Å². The van der Waals surface area contributed by atoms with Crippen LogP contribution in [0.5, 0.6) is 0 Å². The summed E-state index contributed by atoms with van der Waals surface area (Å²) in [5, 5.41) is 9.86. The van der Waals surface area contributed by atoms with E-state index in [4.69, 9.17) is 5.11 Å². The Balaban J connectivity index is 2.46. The van der Waals surface area contributed by atoms with Crippen molar-refractivity contribution in [2.75, 3.05) is 0 Å². The van der Waals surface area contributed by atoms with Gasteiger partial charge in [-0.3, -0.25) is 0 Å². The van der Waals surface area contributed by atoms with Crippen molar-refractivity contribution in [1.29, 1.82) is 0 Å². The van der Waals surface area contributed by atoms with Gasteiger partial charge < -0.3 is 0 Å². The van der Waals surface area contributed by atoms with Crippen molar-refractivity contribution in [3.63, 3.8) is 0 Å². The molecule has 3 rings (SSSR count). The second kappa shape index (κ2) is 3.04. The Bertz CT molecular complexity index is 651. The molecule has 1 aromatic rings. The van der Waals surface area contributed by atoms with Gasteiger partial charge in [-0.05, 0) is 0 Å². The van der Waals surface area contributed by atoms with Crippen LogP contribution in [-0.2, 0) is 4.79 Å². The van der Waals surface area contributed by atoms with E-state index in [1.54, 1.807) is 6.08 Å². The molecule has 0 saturated carbocycles. The first-order chi connectivity index (χ1) is 7.27. The van der Waals surface area contributed by atoms with Crippen molar-refractivity contribution in [2.45, 2.75) is 0 Å². The van der Waals surface area contributed by atoms with Crippen molar-refractivity contribution in [3.8, 4) is 0 Å². The van der Waals surface area contributed by atoms with Crippen LogP contribution in [0.3, 0.4) is 0 Å². The van der Waals surface area contributed by atoms with E-state index in [2.05, 4.69) is 17.0 Å². The predicted octanol–water partition coefficient (Wildman–Crippen LogP) is 0.888. The molecule has 0 bridgehead atoms. The number of carboxylic acids is 1. The quantitative estimate of drug-likeness (QED) is 0.759. The molecule has 0 atom stereocenters. The Morgan fingerprint density at radius 1 is 1.13 bits per heavy atom. The molecule has 15 heavy (non-hydrogen) atoms. The first-order valence-electron chi connectivity index (χ1n) is 4.60. The summed E-state index contributed by atoms with van der Waals surface area (Å²) in [5.41, 5.74) is 2.71. The van der Waals surface area contributed by atoms with E-state index in [0.717, 1.165) is 10.8 Å². The number of hydrogen-bond donors (Lipinski definition) is 1. The first-order valence-corrected chi connectivity index (χ1v) is 6.62. The first kappa shape index (κ1) is 8.87. The molecule has 1 N–H and O–H groups in total. The minimum absolute atomic E-state index is 0.153. The van der Waals surface area contributed by atoms with Gasteiger partial charge in [-0.25, -0.2) is 0 Å². The molecule has 0 saturated heterocycles. The zero-order valence-corrected chi connectivity index (χ0v) is 9.64. The third-order valence-electron chi connectivity index (χ3n) is 2.66. The van der Waals surface area contributed by atoms with Gasteiger partial charge in [0.15, 0.2) is 0 Å². The molecule has 72 valence electrons. The zero-order chi connectivity index (χ0) is 10.4.